The fourth-order valence-corrected chi connectivity index (χ4v) is 3.17. The van der Waals surface area contributed by atoms with E-state index in [2.05, 4.69) is 0 Å². The van der Waals surface area contributed by atoms with Crippen LogP contribution in [0.1, 0.15) is 5.56 Å². The first-order chi connectivity index (χ1) is 11.2. The summed E-state index contributed by atoms with van der Waals surface area (Å²) in [5, 5.41) is 8.57. The highest BCUT2D eigenvalue weighted by molar-refractivity contribution is 7.91. The minimum Gasteiger partial charge on any atom is -0.456 e. The second-order valence-electron chi connectivity index (χ2n) is 4.38. The van der Waals surface area contributed by atoms with Crippen molar-refractivity contribution < 1.29 is 26.3 Å². The van der Waals surface area contributed by atoms with Gasteiger partial charge in [-0.1, -0.05) is 23.2 Å². The lowest BCUT2D eigenvalue weighted by molar-refractivity contribution is 0.234. The number of hydrogen-bond acceptors (Lipinski definition) is 4. The molecule has 0 aliphatic rings. The van der Waals surface area contributed by atoms with Crippen molar-refractivity contribution in [2.75, 3.05) is 0 Å². The fourth-order valence-electron chi connectivity index (χ4n) is 1.77. The Labute approximate surface area is 144 Å². The molecule has 0 spiro atoms. The largest absolute Gasteiger partial charge is 0.456 e. The normalized spacial score (nSPS) is 11.4. The number of rotatable bonds is 4. The van der Waals surface area contributed by atoms with E-state index in [0.29, 0.717) is 0 Å². The second kappa shape index (κ2) is 6.89. The van der Waals surface area contributed by atoms with Crippen molar-refractivity contribution in [3.63, 3.8) is 0 Å². The van der Waals surface area contributed by atoms with Crippen LogP contribution in [0.2, 0.25) is 10.0 Å². The van der Waals surface area contributed by atoms with E-state index >= 15 is 0 Å². The van der Waals surface area contributed by atoms with Gasteiger partial charge in [-0.05, 0) is 24.3 Å². The fraction of sp³-hybridized carbons (Fsp3) is 0.0714. The van der Waals surface area contributed by atoms with Crippen molar-refractivity contribution in [3.05, 3.63) is 51.8 Å². The number of halogens is 5. The van der Waals surface area contributed by atoms with Crippen LogP contribution < -0.4 is 4.74 Å². The molecular formula is C14H6Cl2F3NO3S. The van der Waals surface area contributed by atoms with Crippen molar-refractivity contribution in [1.82, 2.24) is 0 Å². The molecule has 4 nitrogen and oxygen atoms in total. The maximum Gasteiger partial charge on any atom is 0.341 e. The monoisotopic (exact) mass is 395 g/mol. The van der Waals surface area contributed by atoms with Crippen LogP contribution in [0, 0.1) is 17.1 Å². The number of hydrogen-bond donors (Lipinski definition) is 0. The van der Waals surface area contributed by atoms with Gasteiger partial charge in [-0.15, -0.1) is 0 Å². The van der Waals surface area contributed by atoms with Gasteiger partial charge in [0.15, 0.2) is 0 Å². The predicted molar refractivity (Wildman–Crippen MR) is 80.8 cm³/mol. The molecule has 0 unspecified atom stereocenters. The maximum atomic E-state index is 13.3. The third-order valence-corrected chi connectivity index (χ3v) is 4.80. The van der Waals surface area contributed by atoms with E-state index in [0.717, 1.165) is 24.3 Å². The van der Waals surface area contributed by atoms with Gasteiger partial charge in [0.25, 0.3) is 0 Å². The molecule has 0 aromatic heterocycles. The second-order valence-corrected chi connectivity index (χ2v) is 7.08. The summed E-state index contributed by atoms with van der Waals surface area (Å²) in [6.07, 6.45) is 0. The summed E-state index contributed by atoms with van der Waals surface area (Å²) in [6.45, 7) is 0. The van der Waals surface area contributed by atoms with Crippen LogP contribution in [0.4, 0.5) is 13.2 Å². The van der Waals surface area contributed by atoms with Crippen molar-refractivity contribution in [2.24, 2.45) is 0 Å². The molecule has 0 bridgehead atoms. The van der Waals surface area contributed by atoms with Gasteiger partial charge in [-0.3, -0.25) is 0 Å². The first-order valence-electron chi connectivity index (χ1n) is 6.05. The molecule has 10 heteroatoms. The molecule has 2 rings (SSSR count). The molecule has 126 valence electrons. The number of sulfone groups is 1. The Balaban J connectivity index is 2.54. The summed E-state index contributed by atoms with van der Waals surface area (Å²) < 4.78 is 66.9. The lowest BCUT2D eigenvalue weighted by Gasteiger charge is -2.12. The van der Waals surface area contributed by atoms with Gasteiger partial charge in [-0.25, -0.2) is 12.8 Å². The average molecular weight is 396 g/mol. The van der Waals surface area contributed by atoms with Crippen molar-refractivity contribution >= 4 is 33.0 Å². The summed E-state index contributed by atoms with van der Waals surface area (Å²) in [6, 6.07) is 6.44. The number of benzene rings is 2. The number of nitriles is 1. The average Bonchev–Trinajstić information content (AvgIpc) is 2.47. The Kier molecular flexibility index (Phi) is 5.28. The molecule has 0 N–H and O–H groups in total. The number of nitrogens with zero attached hydrogens (tertiary/aromatic N) is 1. The van der Waals surface area contributed by atoms with Gasteiger partial charge >= 0.3 is 5.76 Å². The molecule has 0 fully saturated rings. The Bertz CT molecular complexity index is 923. The number of ether oxygens (including phenoxy) is 1. The highest BCUT2D eigenvalue weighted by Crippen LogP contribution is 2.37. The molecule has 0 saturated heterocycles. The van der Waals surface area contributed by atoms with Crippen molar-refractivity contribution in [3.8, 4) is 17.6 Å². The van der Waals surface area contributed by atoms with Gasteiger partial charge in [0.1, 0.15) is 28.4 Å². The van der Waals surface area contributed by atoms with Crippen LogP contribution in [0.25, 0.3) is 0 Å². The van der Waals surface area contributed by atoms with Gasteiger partial charge in [0.05, 0.1) is 10.5 Å². The highest BCUT2D eigenvalue weighted by atomic mass is 35.5. The van der Waals surface area contributed by atoms with E-state index in [1.165, 1.54) is 12.1 Å². The molecular weight excluding hydrogens is 390 g/mol. The van der Waals surface area contributed by atoms with E-state index in [1.807, 2.05) is 0 Å². The minimum atomic E-state index is -5.02. The topological polar surface area (TPSA) is 67.2 Å². The van der Waals surface area contributed by atoms with E-state index < -0.39 is 36.9 Å². The molecule has 0 heterocycles. The molecule has 2 aromatic rings. The zero-order valence-corrected chi connectivity index (χ0v) is 13.8. The van der Waals surface area contributed by atoms with Gasteiger partial charge in [0.2, 0.25) is 9.84 Å². The maximum absolute atomic E-state index is 13.3. The first kappa shape index (κ1) is 18.4. The van der Waals surface area contributed by atoms with Crippen LogP contribution in [0.3, 0.4) is 0 Å². The highest BCUT2D eigenvalue weighted by Gasteiger charge is 2.31. The molecule has 0 saturated carbocycles. The summed E-state index contributed by atoms with van der Waals surface area (Å²) in [4.78, 5) is -0.922. The van der Waals surface area contributed by atoms with Gasteiger partial charge in [0, 0.05) is 11.1 Å². The third-order valence-electron chi connectivity index (χ3n) is 2.79. The zero-order chi connectivity index (χ0) is 18.1. The van der Waals surface area contributed by atoms with Crippen LogP contribution in [0.15, 0.2) is 35.2 Å². The Morgan fingerprint density at radius 1 is 1.17 bits per heavy atom. The quantitative estimate of drug-likeness (QED) is 0.745. The molecule has 0 atom stereocenters. The summed E-state index contributed by atoms with van der Waals surface area (Å²) in [7, 11) is -5.02. The minimum absolute atomic E-state index is 0.0264. The lowest BCUT2D eigenvalue weighted by atomic mass is 10.2. The van der Waals surface area contributed by atoms with E-state index in [4.69, 9.17) is 33.2 Å². The molecule has 2 aromatic carbocycles. The standard InChI is InChI=1S/C14H6Cl2F3NO3S/c15-7-3-8(17)5-9(4-7)23-11-1-2-12(10(6-20)13(11)16)24(21,22)14(18)19/h1-5,14H. The van der Waals surface area contributed by atoms with Crippen molar-refractivity contribution in [2.45, 2.75) is 10.7 Å². The van der Waals surface area contributed by atoms with Gasteiger partial charge < -0.3 is 4.74 Å². The molecule has 0 radical (unpaired) electrons. The third kappa shape index (κ3) is 3.59. The Morgan fingerprint density at radius 2 is 1.83 bits per heavy atom. The number of alkyl halides is 2. The van der Waals surface area contributed by atoms with Crippen LogP contribution in [-0.2, 0) is 9.84 Å². The summed E-state index contributed by atoms with van der Waals surface area (Å²) in [5.41, 5.74) is -0.697. The summed E-state index contributed by atoms with van der Waals surface area (Å²) >= 11 is 11.5. The Morgan fingerprint density at radius 3 is 2.38 bits per heavy atom. The Hall–Kier alpha value is -1.95. The predicted octanol–water partition coefficient (Wildman–Crippen LogP) is 4.79. The molecule has 0 aliphatic heterocycles. The van der Waals surface area contributed by atoms with E-state index in [1.54, 1.807) is 0 Å². The van der Waals surface area contributed by atoms with Crippen LogP contribution in [0.5, 0.6) is 11.5 Å². The van der Waals surface area contributed by atoms with Crippen molar-refractivity contribution in [1.29, 1.82) is 5.26 Å². The molecule has 0 aliphatic carbocycles. The van der Waals surface area contributed by atoms with Crippen LogP contribution in [-0.4, -0.2) is 14.2 Å². The summed E-state index contributed by atoms with van der Waals surface area (Å²) in [5.74, 6) is -4.71. The van der Waals surface area contributed by atoms with E-state index in [9.17, 15) is 21.6 Å². The van der Waals surface area contributed by atoms with Crippen LogP contribution >= 0.6 is 23.2 Å². The van der Waals surface area contributed by atoms with Gasteiger partial charge in [-0.2, -0.15) is 14.0 Å². The smallest absolute Gasteiger partial charge is 0.341 e. The first-order valence-corrected chi connectivity index (χ1v) is 8.35. The molecule has 24 heavy (non-hydrogen) atoms. The van der Waals surface area contributed by atoms with E-state index in [-0.39, 0.29) is 16.5 Å². The lowest BCUT2D eigenvalue weighted by Crippen LogP contribution is -2.13. The SMILES string of the molecule is N#Cc1c(S(=O)(=O)C(F)F)ccc(Oc2cc(F)cc(Cl)c2)c1Cl. The zero-order valence-electron chi connectivity index (χ0n) is 11.4. The molecule has 0 amide bonds.